The second-order valence-electron chi connectivity index (χ2n) is 3.43. The highest BCUT2D eigenvalue weighted by Gasteiger charge is 2.15. The van der Waals surface area contributed by atoms with Crippen molar-refractivity contribution in [3.8, 4) is 0 Å². The third kappa shape index (κ3) is 1.58. The van der Waals surface area contributed by atoms with E-state index in [1.807, 2.05) is 0 Å². The Bertz CT molecular complexity index is 225. The van der Waals surface area contributed by atoms with Crippen LogP contribution in [0.25, 0.3) is 0 Å². The maximum atomic E-state index is 2.33. The van der Waals surface area contributed by atoms with Crippen LogP contribution in [0.15, 0.2) is 48.6 Å². The average Bonchev–Trinajstić information content (AvgIpc) is 2.21. The molecule has 0 nitrogen and oxygen atoms in total. The van der Waals surface area contributed by atoms with E-state index in [-0.39, 0.29) is 0 Å². The van der Waals surface area contributed by atoms with Gasteiger partial charge in [-0.3, -0.25) is 0 Å². The Morgan fingerprint density at radius 3 is 1.50 bits per heavy atom. The largest absolute Gasteiger partial charge is 0.0839 e. The van der Waals surface area contributed by atoms with Gasteiger partial charge in [0.1, 0.15) is 0 Å². The van der Waals surface area contributed by atoms with Gasteiger partial charge in [-0.15, -0.1) is 0 Å². The fourth-order valence-electron chi connectivity index (χ4n) is 1.83. The standard InChI is InChI=1S/C12H14/c1-3-7-11(8-4-1)12-9-5-2-6-10-12/h1-7,9,11-12H,8,10H2/t11-,12?/m0/s1. The van der Waals surface area contributed by atoms with Gasteiger partial charge in [-0.2, -0.15) is 0 Å². The highest BCUT2D eigenvalue weighted by molar-refractivity contribution is 5.18. The number of rotatable bonds is 1. The fourth-order valence-corrected chi connectivity index (χ4v) is 1.83. The number of allylic oxidation sites excluding steroid dienone is 8. The first kappa shape index (κ1) is 7.60. The van der Waals surface area contributed by atoms with Crippen LogP contribution in [0.2, 0.25) is 0 Å². The lowest BCUT2D eigenvalue weighted by Crippen LogP contribution is -2.11. The predicted octanol–water partition coefficient (Wildman–Crippen LogP) is 3.25. The molecule has 0 spiro atoms. The van der Waals surface area contributed by atoms with Crippen molar-refractivity contribution in [2.24, 2.45) is 11.8 Å². The molecule has 0 fully saturated rings. The molecule has 0 aromatic heterocycles. The van der Waals surface area contributed by atoms with Crippen LogP contribution in [0.1, 0.15) is 12.8 Å². The Morgan fingerprint density at radius 2 is 1.17 bits per heavy atom. The highest BCUT2D eigenvalue weighted by atomic mass is 14.2. The van der Waals surface area contributed by atoms with Crippen LogP contribution in [0, 0.1) is 11.8 Å². The molecule has 1 unspecified atom stereocenters. The summed E-state index contributed by atoms with van der Waals surface area (Å²) in [5.41, 5.74) is 0. The van der Waals surface area contributed by atoms with Gasteiger partial charge >= 0.3 is 0 Å². The minimum atomic E-state index is 0.733. The summed E-state index contributed by atoms with van der Waals surface area (Å²) in [7, 11) is 0. The molecule has 0 aliphatic heterocycles. The predicted molar refractivity (Wildman–Crippen MR) is 52.8 cm³/mol. The molecule has 2 aliphatic rings. The Hall–Kier alpha value is -1.04. The molecule has 0 aromatic rings. The lowest BCUT2D eigenvalue weighted by molar-refractivity contribution is 0.478. The molecule has 0 aromatic carbocycles. The summed E-state index contributed by atoms with van der Waals surface area (Å²) in [5.74, 6) is 1.47. The van der Waals surface area contributed by atoms with E-state index in [1.165, 1.54) is 12.8 Å². The van der Waals surface area contributed by atoms with Gasteiger partial charge in [0.25, 0.3) is 0 Å². The van der Waals surface area contributed by atoms with Gasteiger partial charge in [-0.05, 0) is 24.7 Å². The molecule has 2 aliphatic carbocycles. The molecule has 2 rings (SSSR count). The first-order valence-corrected chi connectivity index (χ1v) is 4.63. The van der Waals surface area contributed by atoms with E-state index >= 15 is 0 Å². The second-order valence-corrected chi connectivity index (χ2v) is 3.43. The van der Waals surface area contributed by atoms with E-state index in [2.05, 4.69) is 48.6 Å². The molecule has 0 heterocycles. The van der Waals surface area contributed by atoms with Crippen molar-refractivity contribution in [1.82, 2.24) is 0 Å². The van der Waals surface area contributed by atoms with Crippen molar-refractivity contribution in [1.29, 1.82) is 0 Å². The van der Waals surface area contributed by atoms with Gasteiger partial charge in [-0.25, -0.2) is 0 Å². The summed E-state index contributed by atoms with van der Waals surface area (Å²) >= 11 is 0. The third-order valence-corrected chi connectivity index (χ3v) is 2.58. The quantitative estimate of drug-likeness (QED) is 0.549. The molecule has 0 saturated carbocycles. The zero-order valence-electron chi connectivity index (χ0n) is 7.19. The van der Waals surface area contributed by atoms with Crippen LogP contribution in [-0.4, -0.2) is 0 Å². The Morgan fingerprint density at radius 1 is 0.667 bits per heavy atom. The van der Waals surface area contributed by atoms with Crippen molar-refractivity contribution in [2.45, 2.75) is 12.8 Å². The summed E-state index contributed by atoms with van der Waals surface area (Å²) in [6.07, 6.45) is 20.2. The molecule has 62 valence electrons. The zero-order valence-corrected chi connectivity index (χ0v) is 7.19. The summed E-state index contributed by atoms with van der Waals surface area (Å²) in [6, 6.07) is 0. The molecule has 2 atom stereocenters. The maximum Gasteiger partial charge on any atom is -0.0130 e. The van der Waals surface area contributed by atoms with Crippen LogP contribution in [0.3, 0.4) is 0 Å². The van der Waals surface area contributed by atoms with Crippen LogP contribution >= 0.6 is 0 Å². The summed E-state index contributed by atoms with van der Waals surface area (Å²) in [4.78, 5) is 0. The molecule has 0 saturated heterocycles. The normalized spacial score (nSPS) is 32.7. The SMILES string of the molecule is C1=CCC([C@H]2C=CC=CC2)C=C1. The van der Waals surface area contributed by atoms with E-state index < -0.39 is 0 Å². The summed E-state index contributed by atoms with van der Waals surface area (Å²) < 4.78 is 0. The van der Waals surface area contributed by atoms with Gasteiger partial charge in [-0.1, -0.05) is 48.6 Å². The maximum absolute atomic E-state index is 2.33. The molecule has 0 radical (unpaired) electrons. The Kier molecular flexibility index (Phi) is 2.26. The van der Waals surface area contributed by atoms with E-state index in [4.69, 9.17) is 0 Å². The number of hydrogen-bond donors (Lipinski definition) is 0. The summed E-state index contributed by atoms with van der Waals surface area (Å²) in [5, 5.41) is 0. The molecule has 0 bridgehead atoms. The molecular weight excluding hydrogens is 144 g/mol. The molecular formula is C12H14. The van der Waals surface area contributed by atoms with Crippen molar-refractivity contribution in [3.63, 3.8) is 0 Å². The highest BCUT2D eigenvalue weighted by Crippen LogP contribution is 2.27. The second kappa shape index (κ2) is 3.57. The van der Waals surface area contributed by atoms with Crippen LogP contribution in [0.5, 0.6) is 0 Å². The van der Waals surface area contributed by atoms with Gasteiger partial charge in [0.2, 0.25) is 0 Å². The van der Waals surface area contributed by atoms with E-state index in [9.17, 15) is 0 Å². The number of hydrogen-bond acceptors (Lipinski definition) is 0. The molecule has 12 heavy (non-hydrogen) atoms. The molecule has 0 heteroatoms. The van der Waals surface area contributed by atoms with E-state index in [0.717, 1.165) is 11.8 Å². The van der Waals surface area contributed by atoms with Gasteiger partial charge in [0.15, 0.2) is 0 Å². The minimum absolute atomic E-state index is 0.733. The van der Waals surface area contributed by atoms with Crippen molar-refractivity contribution in [2.75, 3.05) is 0 Å². The van der Waals surface area contributed by atoms with Gasteiger partial charge in [0, 0.05) is 0 Å². The van der Waals surface area contributed by atoms with Gasteiger partial charge < -0.3 is 0 Å². The lowest BCUT2D eigenvalue weighted by atomic mass is 9.83. The van der Waals surface area contributed by atoms with Gasteiger partial charge in [0.05, 0.1) is 0 Å². The first-order chi connectivity index (χ1) is 5.97. The smallest absolute Gasteiger partial charge is 0.0130 e. The van der Waals surface area contributed by atoms with Crippen LogP contribution < -0.4 is 0 Å². The topological polar surface area (TPSA) is 0 Å². The summed E-state index contributed by atoms with van der Waals surface area (Å²) in [6.45, 7) is 0. The molecule has 0 N–H and O–H groups in total. The lowest BCUT2D eigenvalue weighted by Gasteiger charge is -2.22. The van der Waals surface area contributed by atoms with E-state index in [0.29, 0.717) is 0 Å². The average molecular weight is 158 g/mol. The Labute approximate surface area is 74.0 Å². The van der Waals surface area contributed by atoms with Crippen LogP contribution in [0.4, 0.5) is 0 Å². The van der Waals surface area contributed by atoms with Crippen molar-refractivity contribution < 1.29 is 0 Å². The van der Waals surface area contributed by atoms with Crippen LogP contribution in [-0.2, 0) is 0 Å². The zero-order chi connectivity index (χ0) is 8.23. The Balaban J connectivity index is 2.01. The molecule has 0 amide bonds. The first-order valence-electron chi connectivity index (χ1n) is 4.63. The third-order valence-electron chi connectivity index (χ3n) is 2.58. The minimum Gasteiger partial charge on any atom is -0.0839 e. The van der Waals surface area contributed by atoms with Crippen molar-refractivity contribution in [3.05, 3.63) is 48.6 Å². The van der Waals surface area contributed by atoms with E-state index in [1.54, 1.807) is 0 Å². The fraction of sp³-hybridized carbons (Fsp3) is 0.333. The van der Waals surface area contributed by atoms with Crippen molar-refractivity contribution >= 4 is 0 Å². The monoisotopic (exact) mass is 158 g/mol.